The zero-order chi connectivity index (χ0) is 11.7. The van der Waals surface area contributed by atoms with Gasteiger partial charge in [-0.25, -0.2) is 0 Å². The summed E-state index contributed by atoms with van der Waals surface area (Å²) in [6.07, 6.45) is 4.74. The molecule has 15 heavy (non-hydrogen) atoms. The monoisotopic (exact) mass is 215 g/mol. The SMILES string of the molecule is CCC(CO)CCCCNCC(C)(C)C. The van der Waals surface area contributed by atoms with E-state index in [0.29, 0.717) is 17.9 Å². The van der Waals surface area contributed by atoms with Crippen LogP contribution in [0.2, 0.25) is 0 Å². The first kappa shape index (κ1) is 14.9. The number of hydrogen-bond acceptors (Lipinski definition) is 2. The summed E-state index contributed by atoms with van der Waals surface area (Å²) in [5, 5.41) is 12.5. The molecule has 0 aromatic carbocycles. The molecule has 2 nitrogen and oxygen atoms in total. The van der Waals surface area contributed by atoms with Gasteiger partial charge in [-0.2, -0.15) is 0 Å². The van der Waals surface area contributed by atoms with Crippen molar-refractivity contribution >= 4 is 0 Å². The molecule has 1 unspecified atom stereocenters. The molecule has 0 heterocycles. The maximum atomic E-state index is 9.02. The van der Waals surface area contributed by atoms with E-state index in [1.165, 1.54) is 19.3 Å². The third-order valence-corrected chi connectivity index (χ3v) is 2.71. The maximum absolute atomic E-state index is 9.02. The lowest BCUT2D eigenvalue weighted by atomic mass is 9.97. The van der Waals surface area contributed by atoms with Crippen LogP contribution in [0.15, 0.2) is 0 Å². The Kier molecular flexibility index (Phi) is 8.07. The Morgan fingerprint density at radius 1 is 1.20 bits per heavy atom. The second kappa shape index (κ2) is 8.12. The van der Waals surface area contributed by atoms with E-state index < -0.39 is 0 Å². The van der Waals surface area contributed by atoms with Crippen molar-refractivity contribution in [2.75, 3.05) is 19.7 Å². The molecular formula is C13H29NO. The highest BCUT2D eigenvalue weighted by atomic mass is 16.3. The average molecular weight is 215 g/mol. The Bertz CT molecular complexity index is 136. The third-order valence-electron chi connectivity index (χ3n) is 2.71. The van der Waals surface area contributed by atoms with Crippen LogP contribution in [0.25, 0.3) is 0 Å². The van der Waals surface area contributed by atoms with Gasteiger partial charge in [-0.3, -0.25) is 0 Å². The van der Waals surface area contributed by atoms with Crippen molar-refractivity contribution in [2.45, 2.75) is 53.4 Å². The first-order chi connectivity index (χ1) is 6.99. The molecule has 2 N–H and O–H groups in total. The Morgan fingerprint density at radius 2 is 1.87 bits per heavy atom. The Labute approximate surface area is 95.5 Å². The highest BCUT2D eigenvalue weighted by Crippen LogP contribution is 2.12. The van der Waals surface area contributed by atoms with Gasteiger partial charge in [0.05, 0.1) is 0 Å². The van der Waals surface area contributed by atoms with Gasteiger partial charge in [0.25, 0.3) is 0 Å². The molecule has 0 spiro atoms. The van der Waals surface area contributed by atoms with Gasteiger partial charge >= 0.3 is 0 Å². The van der Waals surface area contributed by atoms with Crippen molar-refractivity contribution in [1.29, 1.82) is 0 Å². The first-order valence-corrected chi connectivity index (χ1v) is 6.31. The van der Waals surface area contributed by atoms with Crippen molar-refractivity contribution in [3.63, 3.8) is 0 Å². The molecule has 0 radical (unpaired) electrons. The summed E-state index contributed by atoms with van der Waals surface area (Å²) in [7, 11) is 0. The number of nitrogens with one attached hydrogen (secondary N) is 1. The minimum atomic E-state index is 0.353. The fourth-order valence-corrected chi connectivity index (χ4v) is 1.57. The quantitative estimate of drug-likeness (QED) is 0.610. The van der Waals surface area contributed by atoms with Gasteiger partial charge in [-0.15, -0.1) is 0 Å². The molecule has 1 atom stereocenters. The van der Waals surface area contributed by atoms with Crippen molar-refractivity contribution in [3.8, 4) is 0 Å². The van der Waals surface area contributed by atoms with Gasteiger partial charge in [0, 0.05) is 6.61 Å². The number of aliphatic hydroxyl groups excluding tert-OH is 1. The number of rotatable bonds is 8. The molecule has 0 aromatic heterocycles. The standard InChI is InChI=1S/C13H29NO/c1-5-12(10-15)8-6-7-9-14-11-13(2,3)4/h12,14-15H,5-11H2,1-4H3. The van der Waals surface area contributed by atoms with Gasteiger partial charge in [-0.05, 0) is 37.3 Å². The predicted molar refractivity (Wildman–Crippen MR) is 67.0 cm³/mol. The fourth-order valence-electron chi connectivity index (χ4n) is 1.57. The molecule has 0 aliphatic carbocycles. The molecule has 0 saturated carbocycles. The molecule has 0 bridgehead atoms. The summed E-state index contributed by atoms with van der Waals surface area (Å²) in [6, 6.07) is 0. The van der Waals surface area contributed by atoms with Gasteiger partial charge < -0.3 is 10.4 Å². The minimum Gasteiger partial charge on any atom is -0.396 e. The molecule has 0 aromatic rings. The second-order valence-corrected chi connectivity index (χ2v) is 5.69. The zero-order valence-electron chi connectivity index (χ0n) is 11.0. The zero-order valence-corrected chi connectivity index (χ0v) is 11.0. The molecule has 0 rings (SSSR count). The molecule has 0 amide bonds. The van der Waals surface area contributed by atoms with Crippen LogP contribution in [-0.2, 0) is 0 Å². The largest absolute Gasteiger partial charge is 0.396 e. The van der Waals surface area contributed by atoms with Crippen molar-refractivity contribution in [2.24, 2.45) is 11.3 Å². The van der Waals surface area contributed by atoms with Crippen LogP contribution >= 0.6 is 0 Å². The van der Waals surface area contributed by atoms with E-state index >= 15 is 0 Å². The van der Waals surface area contributed by atoms with Crippen LogP contribution in [-0.4, -0.2) is 24.8 Å². The van der Waals surface area contributed by atoms with E-state index in [0.717, 1.165) is 19.5 Å². The fraction of sp³-hybridized carbons (Fsp3) is 1.00. The highest BCUT2D eigenvalue weighted by molar-refractivity contribution is 4.64. The molecule has 0 fully saturated rings. The van der Waals surface area contributed by atoms with Crippen molar-refractivity contribution in [1.82, 2.24) is 5.32 Å². The van der Waals surface area contributed by atoms with E-state index in [4.69, 9.17) is 5.11 Å². The Hall–Kier alpha value is -0.0800. The van der Waals surface area contributed by atoms with Crippen LogP contribution < -0.4 is 5.32 Å². The lowest BCUT2D eigenvalue weighted by molar-refractivity contribution is 0.211. The van der Waals surface area contributed by atoms with Crippen LogP contribution in [0.5, 0.6) is 0 Å². The molecule has 0 saturated heterocycles. The summed E-state index contributed by atoms with van der Waals surface area (Å²) < 4.78 is 0. The number of hydrogen-bond donors (Lipinski definition) is 2. The topological polar surface area (TPSA) is 32.3 Å². The number of unbranched alkanes of at least 4 members (excludes halogenated alkanes) is 1. The molecule has 2 heteroatoms. The van der Waals surface area contributed by atoms with Crippen molar-refractivity contribution in [3.05, 3.63) is 0 Å². The van der Waals surface area contributed by atoms with E-state index in [9.17, 15) is 0 Å². The summed E-state index contributed by atoms with van der Waals surface area (Å²) in [5.74, 6) is 0.521. The lowest BCUT2D eigenvalue weighted by Gasteiger charge is -2.19. The summed E-state index contributed by atoms with van der Waals surface area (Å²) in [4.78, 5) is 0. The first-order valence-electron chi connectivity index (χ1n) is 6.31. The molecular weight excluding hydrogens is 186 g/mol. The van der Waals surface area contributed by atoms with Gasteiger partial charge in [0.2, 0.25) is 0 Å². The average Bonchev–Trinajstić information content (AvgIpc) is 2.15. The Balaban J connectivity index is 3.25. The second-order valence-electron chi connectivity index (χ2n) is 5.69. The molecule has 92 valence electrons. The van der Waals surface area contributed by atoms with Gasteiger partial charge in [0.1, 0.15) is 0 Å². The normalized spacial score (nSPS) is 14.2. The minimum absolute atomic E-state index is 0.353. The van der Waals surface area contributed by atoms with Crippen LogP contribution in [0.4, 0.5) is 0 Å². The lowest BCUT2D eigenvalue weighted by Crippen LogP contribution is -2.27. The summed E-state index contributed by atoms with van der Waals surface area (Å²) in [5.41, 5.74) is 0.386. The van der Waals surface area contributed by atoms with E-state index in [1.54, 1.807) is 0 Å². The van der Waals surface area contributed by atoms with Crippen molar-refractivity contribution < 1.29 is 5.11 Å². The summed E-state index contributed by atoms with van der Waals surface area (Å²) in [6.45, 7) is 11.4. The van der Waals surface area contributed by atoms with Gasteiger partial charge in [0.15, 0.2) is 0 Å². The van der Waals surface area contributed by atoms with E-state index in [1.807, 2.05) is 0 Å². The Morgan fingerprint density at radius 3 is 2.33 bits per heavy atom. The highest BCUT2D eigenvalue weighted by Gasteiger charge is 2.08. The molecule has 0 aliphatic rings. The third kappa shape index (κ3) is 10.2. The number of aliphatic hydroxyl groups is 1. The van der Waals surface area contributed by atoms with E-state index in [2.05, 4.69) is 33.0 Å². The van der Waals surface area contributed by atoms with Gasteiger partial charge in [-0.1, -0.05) is 40.5 Å². The smallest absolute Gasteiger partial charge is 0.0459 e. The predicted octanol–water partition coefficient (Wildman–Crippen LogP) is 2.81. The van der Waals surface area contributed by atoms with Crippen LogP contribution in [0.3, 0.4) is 0 Å². The van der Waals surface area contributed by atoms with E-state index in [-0.39, 0.29) is 0 Å². The molecule has 0 aliphatic heterocycles. The maximum Gasteiger partial charge on any atom is 0.0459 e. The summed E-state index contributed by atoms with van der Waals surface area (Å²) >= 11 is 0. The van der Waals surface area contributed by atoms with Crippen LogP contribution in [0, 0.1) is 11.3 Å². The van der Waals surface area contributed by atoms with Crippen LogP contribution in [0.1, 0.15) is 53.4 Å².